The molecule has 5 nitrogen and oxygen atoms in total. The Labute approximate surface area is 159 Å². The van der Waals surface area contributed by atoms with Gasteiger partial charge in [0.15, 0.2) is 5.69 Å². The summed E-state index contributed by atoms with van der Waals surface area (Å²) in [6.07, 6.45) is 0. The standard InChI is InChI=1S/C18H15Cl2FN4O/c1-10-3-6-14(8-15(10)19)25-11(2)17(23-24-25)18(26)22-9-12-4-5-13(21)7-16(12)20/h3-8H,9H2,1-2H3,(H,22,26). The highest BCUT2D eigenvalue weighted by Crippen LogP contribution is 2.21. The number of benzene rings is 2. The van der Waals surface area contributed by atoms with Crippen molar-refractivity contribution < 1.29 is 9.18 Å². The van der Waals surface area contributed by atoms with Gasteiger partial charge in [-0.3, -0.25) is 4.79 Å². The van der Waals surface area contributed by atoms with Crippen molar-refractivity contribution in [3.63, 3.8) is 0 Å². The van der Waals surface area contributed by atoms with Crippen LogP contribution in [-0.2, 0) is 6.54 Å². The van der Waals surface area contributed by atoms with Crippen LogP contribution in [0.1, 0.15) is 27.3 Å². The van der Waals surface area contributed by atoms with Crippen LogP contribution in [0.25, 0.3) is 5.69 Å². The highest BCUT2D eigenvalue weighted by Gasteiger charge is 2.18. The molecule has 0 fully saturated rings. The van der Waals surface area contributed by atoms with Gasteiger partial charge < -0.3 is 5.32 Å². The molecule has 2 aromatic carbocycles. The Morgan fingerprint density at radius 1 is 1.15 bits per heavy atom. The third-order valence-corrected chi connectivity index (χ3v) is 4.72. The van der Waals surface area contributed by atoms with Gasteiger partial charge >= 0.3 is 0 Å². The van der Waals surface area contributed by atoms with Gasteiger partial charge in [-0.2, -0.15) is 0 Å². The molecule has 1 aromatic heterocycles. The quantitative estimate of drug-likeness (QED) is 0.721. The summed E-state index contributed by atoms with van der Waals surface area (Å²) in [4.78, 5) is 12.4. The Bertz CT molecular complexity index is 987. The number of nitrogens with one attached hydrogen (secondary N) is 1. The fraction of sp³-hybridized carbons (Fsp3) is 0.167. The Morgan fingerprint density at radius 2 is 1.92 bits per heavy atom. The second-order valence-electron chi connectivity index (χ2n) is 5.79. The van der Waals surface area contributed by atoms with E-state index in [9.17, 15) is 9.18 Å². The molecule has 8 heteroatoms. The third kappa shape index (κ3) is 3.71. The van der Waals surface area contributed by atoms with Gasteiger partial charge in [0.2, 0.25) is 0 Å². The summed E-state index contributed by atoms with van der Waals surface area (Å²) in [5, 5.41) is 11.6. The van der Waals surface area contributed by atoms with Crippen LogP contribution in [-0.4, -0.2) is 20.9 Å². The summed E-state index contributed by atoms with van der Waals surface area (Å²) >= 11 is 12.1. The summed E-state index contributed by atoms with van der Waals surface area (Å²) in [5.41, 5.74) is 3.04. The van der Waals surface area contributed by atoms with Crippen LogP contribution in [0.15, 0.2) is 36.4 Å². The number of halogens is 3. The van der Waals surface area contributed by atoms with Crippen molar-refractivity contribution in [3.8, 4) is 5.69 Å². The number of aromatic nitrogens is 3. The highest BCUT2D eigenvalue weighted by molar-refractivity contribution is 6.31. The smallest absolute Gasteiger partial charge is 0.274 e. The molecule has 0 saturated heterocycles. The molecule has 3 rings (SSSR count). The fourth-order valence-electron chi connectivity index (χ4n) is 2.42. The first-order valence-electron chi connectivity index (χ1n) is 7.78. The number of carbonyl (C=O) groups excluding carboxylic acids is 1. The lowest BCUT2D eigenvalue weighted by Gasteiger charge is -2.07. The van der Waals surface area contributed by atoms with Crippen molar-refractivity contribution in [2.45, 2.75) is 20.4 Å². The first-order chi connectivity index (χ1) is 12.4. The van der Waals surface area contributed by atoms with Gasteiger partial charge in [-0.15, -0.1) is 5.10 Å². The second-order valence-corrected chi connectivity index (χ2v) is 6.60. The average molecular weight is 393 g/mol. The van der Waals surface area contributed by atoms with E-state index in [1.165, 1.54) is 18.2 Å². The first-order valence-corrected chi connectivity index (χ1v) is 8.53. The molecule has 0 saturated carbocycles. The molecular formula is C18H15Cl2FN4O. The van der Waals surface area contributed by atoms with Crippen LogP contribution in [0, 0.1) is 19.7 Å². The number of hydrogen-bond acceptors (Lipinski definition) is 3. The van der Waals surface area contributed by atoms with Crippen LogP contribution >= 0.6 is 23.2 Å². The Hall–Kier alpha value is -2.44. The number of hydrogen-bond donors (Lipinski definition) is 1. The molecule has 0 spiro atoms. The molecule has 26 heavy (non-hydrogen) atoms. The topological polar surface area (TPSA) is 59.8 Å². The lowest BCUT2D eigenvalue weighted by Crippen LogP contribution is -2.24. The van der Waals surface area contributed by atoms with Crippen LogP contribution in [0.2, 0.25) is 10.0 Å². The van der Waals surface area contributed by atoms with E-state index >= 15 is 0 Å². The van der Waals surface area contributed by atoms with Gasteiger partial charge in [-0.25, -0.2) is 9.07 Å². The number of carbonyl (C=O) groups is 1. The van der Waals surface area contributed by atoms with Gasteiger partial charge in [-0.1, -0.05) is 40.5 Å². The Balaban J connectivity index is 1.78. The van der Waals surface area contributed by atoms with Crippen molar-refractivity contribution in [1.82, 2.24) is 20.3 Å². The third-order valence-electron chi connectivity index (χ3n) is 3.96. The molecule has 134 valence electrons. The monoisotopic (exact) mass is 392 g/mol. The summed E-state index contributed by atoms with van der Waals surface area (Å²) in [6.45, 7) is 3.80. The van der Waals surface area contributed by atoms with E-state index in [0.29, 0.717) is 22.0 Å². The van der Waals surface area contributed by atoms with Crippen LogP contribution in [0.3, 0.4) is 0 Å². The van der Waals surface area contributed by atoms with E-state index in [0.717, 1.165) is 5.56 Å². The van der Waals surface area contributed by atoms with E-state index in [-0.39, 0.29) is 17.3 Å². The molecule has 0 aliphatic rings. The van der Waals surface area contributed by atoms with Crippen molar-refractivity contribution in [3.05, 3.63) is 74.8 Å². The molecule has 0 aliphatic heterocycles. The molecule has 0 bridgehead atoms. The number of nitrogens with zero attached hydrogens (tertiary/aromatic N) is 3. The van der Waals surface area contributed by atoms with Gasteiger partial charge in [0.05, 0.1) is 11.4 Å². The number of rotatable bonds is 4. The lowest BCUT2D eigenvalue weighted by atomic mass is 10.2. The summed E-state index contributed by atoms with van der Waals surface area (Å²) in [5.74, 6) is -0.826. The molecule has 3 aromatic rings. The fourth-order valence-corrected chi connectivity index (χ4v) is 2.83. The van der Waals surface area contributed by atoms with E-state index in [1.807, 2.05) is 19.1 Å². The number of aryl methyl sites for hydroxylation is 1. The van der Waals surface area contributed by atoms with E-state index < -0.39 is 11.7 Å². The van der Waals surface area contributed by atoms with Gasteiger partial charge in [-0.05, 0) is 49.2 Å². The maximum absolute atomic E-state index is 13.1. The number of amides is 1. The zero-order valence-electron chi connectivity index (χ0n) is 14.1. The van der Waals surface area contributed by atoms with Gasteiger partial charge in [0.1, 0.15) is 5.82 Å². The van der Waals surface area contributed by atoms with E-state index in [1.54, 1.807) is 17.7 Å². The predicted molar refractivity (Wildman–Crippen MR) is 98.4 cm³/mol. The maximum Gasteiger partial charge on any atom is 0.274 e. The molecular weight excluding hydrogens is 378 g/mol. The molecule has 1 N–H and O–H groups in total. The van der Waals surface area contributed by atoms with Crippen LogP contribution < -0.4 is 5.32 Å². The van der Waals surface area contributed by atoms with Crippen LogP contribution in [0.5, 0.6) is 0 Å². The normalized spacial score (nSPS) is 10.8. The average Bonchev–Trinajstić information content (AvgIpc) is 2.98. The lowest BCUT2D eigenvalue weighted by molar-refractivity contribution is 0.0945. The molecule has 0 unspecified atom stereocenters. The van der Waals surface area contributed by atoms with Crippen molar-refractivity contribution in [1.29, 1.82) is 0 Å². The van der Waals surface area contributed by atoms with Gasteiger partial charge in [0.25, 0.3) is 5.91 Å². The van der Waals surface area contributed by atoms with E-state index in [4.69, 9.17) is 23.2 Å². The maximum atomic E-state index is 13.1. The predicted octanol–water partition coefficient (Wildman–Crippen LogP) is 4.26. The van der Waals surface area contributed by atoms with Crippen molar-refractivity contribution in [2.75, 3.05) is 0 Å². The second kappa shape index (κ2) is 7.43. The molecule has 0 aliphatic carbocycles. The van der Waals surface area contributed by atoms with E-state index in [2.05, 4.69) is 15.6 Å². The first kappa shape index (κ1) is 18.4. The SMILES string of the molecule is Cc1ccc(-n2nnc(C(=O)NCc3ccc(F)cc3Cl)c2C)cc1Cl. The Kier molecular flexibility index (Phi) is 5.25. The zero-order valence-corrected chi connectivity index (χ0v) is 15.6. The zero-order chi connectivity index (χ0) is 18.8. The largest absolute Gasteiger partial charge is 0.346 e. The summed E-state index contributed by atoms with van der Waals surface area (Å²) < 4.78 is 14.6. The van der Waals surface area contributed by atoms with Crippen LogP contribution in [0.4, 0.5) is 4.39 Å². The Morgan fingerprint density at radius 3 is 2.62 bits per heavy atom. The molecule has 1 amide bonds. The van der Waals surface area contributed by atoms with Crippen molar-refractivity contribution in [2.24, 2.45) is 0 Å². The van der Waals surface area contributed by atoms with Crippen molar-refractivity contribution >= 4 is 29.1 Å². The molecule has 0 atom stereocenters. The minimum atomic E-state index is -0.430. The molecule has 0 radical (unpaired) electrons. The minimum absolute atomic E-state index is 0.153. The summed E-state index contributed by atoms with van der Waals surface area (Å²) in [7, 11) is 0. The molecule has 1 heterocycles. The minimum Gasteiger partial charge on any atom is -0.346 e. The van der Waals surface area contributed by atoms with Gasteiger partial charge in [0, 0.05) is 16.6 Å². The highest BCUT2D eigenvalue weighted by atomic mass is 35.5. The summed E-state index contributed by atoms with van der Waals surface area (Å²) in [6, 6.07) is 9.49.